The predicted octanol–water partition coefficient (Wildman–Crippen LogP) is 3.17. The molecule has 3 heteroatoms. The zero-order valence-corrected chi connectivity index (χ0v) is 13.3. The first-order valence-electron chi connectivity index (χ1n) is 6.98. The molecule has 17 heavy (non-hydrogen) atoms. The molecule has 1 rings (SSSR count). The highest BCUT2D eigenvalue weighted by Gasteiger charge is 2.24. The lowest BCUT2D eigenvalue weighted by Gasteiger charge is -2.21. The lowest BCUT2D eigenvalue weighted by atomic mass is 10.0. The topological polar surface area (TPSA) is 12.5 Å². The summed E-state index contributed by atoms with van der Waals surface area (Å²) in [6.45, 7) is 17.1. The first kappa shape index (κ1) is 14.9. The van der Waals surface area contributed by atoms with Gasteiger partial charge < -0.3 is 9.64 Å². The van der Waals surface area contributed by atoms with E-state index in [4.69, 9.17) is 4.74 Å². The highest BCUT2D eigenvalue weighted by Crippen LogP contribution is 2.25. The number of hydrogen-bond donors (Lipinski definition) is 0. The molecule has 0 saturated carbocycles. The summed E-state index contributed by atoms with van der Waals surface area (Å²) in [6.07, 6.45) is 1.26. The fourth-order valence-electron chi connectivity index (χ4n) is 2.41. The quantitative estimate of drug-likeness (QED) is 0.676. The minimum absolute atomic E-state index is 0.683. The number of hydrogen-bond acceptors (Lipinski definition) is 2. The van der Waals surface area contributed by atoms with Gasteiger partial charge in [-0.1, -0.05) is 39.2 Å². The summed E-state index contributed by atoms with van der Waals surface area (Å²) in [6, 6.07) is 0. The molecule has 0 aliphatic carbocycles. The summed E-state index contributed by atoms with van der Waals surface area (Å²) in [4.78, 5) is 2.50. The van der Waals surface area contributed by atoms with E-state index >= 15 is 0 Å². The Kier molecular flexibility index (Phi) is 5.90. The number of ether oxygens (including phenoxy) is 1. The highest BCUT2D eigenvalue weighted by molar-refractivity contribution is 6.81. The van der Waals surface area contributed by atoms with Gasteiger partial charge in [0.15, 0.2) is 0 Å². The van der Waals surface area contributed by atoms with Gasteiger partial charge in [0.25, 0.3) is 0 Å². The summed E-state index contributed by atoms with van der Waals surface area (Å²) in [7, 11) is -1.09. The second-order valence-electron chi connectivity index (χ2n) is 6.11. The molecule has 0 aromatic carbocycles. The van der Waals surface area contributed by atoms with Gasteiger partial charge in [-0.15, -0.1) is 0 Å². The predicted molar refractivity (Wildman–Crippen MR) is 78.1 cm³/mol. The molecule has 0 radical (unpaired) electrons. The SMILES string of the molecule is CCN(CC)CCC1COC/C1=C\[Si](C)(C)C. The molecule has 2 nitrogen and oxygen atoms in total. The van der Waals surface area contributed by atoms with Gasteiger partial charge in [-0.25, -0.2) is 0 Å². The van der Waals surface area contributed by atoms with Crippen LogP contribution in [0.1, 0.15) is 20.3 Å². The van der Waals surface area contributed by atoms with Crippen LogP contribution >= 0.6 is 0 Å². The third-order valence-electron chi connectivity index (χ3n) is 3.42. The Morgan fingerprint density at radius 1 is 1.29 bits per heavy atom. The van der Waals surface area contributed by atoms with Crippen LogP contribution in [-0.2, 0) is 4.74 Å². The number of rotatable bonds is 6. The van der Waals surface area contributed by atoms with Gasteiger partial charge in [0, 0.05) is 5.92 Å². The van der Waals surface area contributed by atoms with E-state index in [-0.39, 0.29) is 0 Å². The Hall–Kier alpha value is -0.123. The molecular formula is C14H29NOSi. The van der Waals surface area contributed by atoms with Crippen LogP contribution in [0.5, 0.6) is 0 Å². The molecule has 0 aromatic heterocycles. The van der Waals surface area contributed by atoms with Gasteiger partial charge in [0.05, 0.1) is 21.3 Å². The average molecular weight is 255 g/mol. The summed E-state index contributed by atoms with van der Waals surface area (Å²) < 4.78 is 5.65. The summed E-state index contributed by atoms with van der Waals surface area (Å²) >= 11 is 0. The average Bonchev–Trinajstić information content (AvgIpc) is 2.65. The van der Waals surface area contributed by atoms with E-state index in [2.05, 4.69) is 44.1 Å². The molecule has 0 amide bonds. The van der Waals surface area contributed by atoms with Crippen LogP contribution in [0.3, 0.4) is 0 Å². The Morgan fingerprint density at radius 3 is 2.47 bits per heavy atom. The fraction of sp³-hybridized carbons (Fsp3) is 0.857. The molecular weight excluding hydrogens is 226 g/mol. The van der Waals surface area contributed by atoms with Gasteiger partial charge in [0.1, 0.15) is 0 Å². The molecule has 1 fully saturated rings. The van der Waals surface area contributed by atoms with Crippen molar-refractivity contribution in [2.24, 2.45) is 5.92 Å². The minimum atomic E-state index is -1.09. The first-order chi connectivity index (χ1) is 7.96. The molecule has 0 aromatic rings. The van der Waals surface area contributed by atoms with Crippen LogP contribution in [-0.4, -0.2) is 45.8 Å². The van der Waals surface area contributed by atoms with Gasteiger partial charge in [-0.05, 0) is 31.6 Å². The zero-order chi connectivity index (χ0) is 12.9. The van der Waals surface area contributed by atoms with Crippen LogP contribution in [0.15, 0.2) is 11.3 Å². The Balaban J connectivity index is 2.50. The van der Waals surface area contributed by atoms with Gasteiger partial charge in [-0.3, -0.25) is 0 Å². The van der Waals surface area contributed by atoms with Crippen LogP contribution in [0, 0.1) is 5.92 Å². The van der Waals surface area contributed by atoms with Gasteiger partial charge in [-0.2, -0.15) is 0 Å². The van der Waals surface area contributed by atoms with E-state index in [0.29, 0.717) is 5.92 Å². The molecule has 1 saturated heterocycles. The van der Waals surface area contributed by atoms with Crippen molar-refractivity contribution < 1.29 is 4.74 Å². The van der Waals surface area contributed by atoms with Crippen molar-refractivity contribution in [1.29, 1.82) is 0 Å². The lowest BCUT2D eigenvalue weighted by molar-refractivity contribution is 0.180. The van der Waals surface area contributed by atoms with Crippen LogP contribution in [0.4, 0.5) is 0 Å². The van der Waals surface area contributed by atoms with E-state index in [0.717, 1.165) is 26.3 Å². The third kappa shape index (κ3) is 5.36. The Bertz CT molecular complexity index is 253. The molecule has 0 N–H and O–H groups in total. The Morgan fingerprint density at radius 2 is 1.94 bits per heavy atom. The van der Waals surface area contributed by atoms with Crippen molar-refractivity contribution >= 4 is 8.07 Å². The Labute approximate surface area is 108 Å². The first-order valence-corrected chi connectivity index (χ1v) is 10.6. The summed E-state index contributed by atoms with van der Waals surface area (Å²) in [5.74, 6) is 0.683. The zero-order valence-electron chi connectivity index (χ0n) is 12.3. The lowest BCUT2D eigenvalue weighted by Crippen LogP contribution is -2.26. The fourth-order valence-corrected chi connectivity index (χ4v) is 3.84. The third-order valence-corrected chi connectivity index (χ3v) is 4.66. The van der Waals surface area contributed by atoms with E-state index in [1.807, 2.05) is 0 Å². The van der Waals surface area contributed by atoms with E-state index < -0.39 is 8.07 Å². The summed E-state index contributed by atoms with van der Waals surface area (Å²) in [5, 5.41) is 0. The molecule has 1 aliphatic rings. The molecule has 1 aliphatic heterocycles. The standard InChI is InChI=1S/C14H29NOSi/c1-6-15(7-2)9-8-13-10-16-11-14(13)12-17(3,4)5/h12-13H,6-11H2,1-5H3/b14-12+. The second kappa shape index (κ2) is 6.71. The van der Waals surface area contributed by atoms with Gasteiger partial charge in [0.2, 0.25) is 0 Å². The van der Waals surface area contributed by atoms with Crippen LogP contribution < -0.4 is 0 Å². The maximum absolute atomic E-state index is 5.65. The van der Waals surface area contributed by atoms with E-state index in [1.165, 1.54) is 13.0 Å². The molecule has 1 unspecified atom stereocenters. The maximum atomic E-state index is 5.65. The molecule has 1 heterocycles. The normalized spacial score (nSPS) is 23.9. The van der Waals surface area contributed by atoms with Gasteiger partial charge >= 0.3 is 0 Å². The van der Waals surface area contributed by atoms with Crippen LogP contribution in [0.2, 0.25) is 19.6 Å². The van der Waals surface area contributed by atoms with Crippen LogP contribution in [0.25, 0.3) is 0 Å². The molecule has 0 bridgehead atoms. The maximum Gasteiger partial charge on any atom is 0.0687 e. The second-order valence-corrected chi connectivity index (χ2v) is 11.1. The van der Waals surface area contributed by atoms with Crippen molar-refractivity contribution in [3.8, 4) is 0 Å². The molecule has 100 valence electrons. The van der Waals surface area contributed by atoms with Crippen molar-refractivity contribution in [2.75, 3.05) is 32.8 Å². The largest absolute Gasteiger partial charge is 0.376 e. The monoisotopic (exact) mass is 255 g/mol. The smallest absolute Gasteiger partial charge is 0.0687 e. The van der Waals surface area contributed by atoms with Crippen molar-refractivity contribution in [1.82, 2.24) is 4.90 Å². The van der Waals surface area contributed by atoms with Crippen molar-refractivity contribution in [2.45, 2.75) is 39.9 Å². The van der Waals surface area contributed by atoms with E-state index in [9.17, 15) is 0 Å². The molecule has 1 atom stereocenters. The summed E-state index contributed by atoms with van der Waals surface area (Å²) in [5.41, 5.74) is 4.13. The minimum Gasteiger partial charge on any atom is -0.376 e. The highest BCUT2D eigenvalue weighted by atomic mass is 28.3. The van der Waals surface area contributed by atoms with E-state index in [1.54, 1.807) is 5.57 Å². The van der Waals surface area contributed by atoms with Crippen molar-refractivity contribution in [3.05, 3.63) is 11.3 Å². The number of nitrogens with zero attached hydrogens (tertiary/aromatic N) is 1. The molecule has 0 spiro atoms. The van der Waals surface area contributed by atoms with Crippen molar-refractivity contribution in [3.63, 3.8) is 0 Å².